The summed E-state index contributed by atoms with van der Waals surface area (Å²) >= 11 is 0. The summed E-state index contributed by atoms with van der Waals surface area (Å²) in [7, 11) is 3.23. The number of aliphatic hydroxyl groups is 1. The second kappa shape index (κ2) is 6.82. The molecule has 0 aromatic carbocycles. The monoisotopic (exact) mass is 190 g/mol. The average molecular weight is 190 g/mol. The van der Waals surface area contributed by atoms with Crippen molar-refractivity contribution < 1.29 is 14.6 Å². The summed E-state index contributed by atoms with van der Waals surface area (Å²) < 4.78 is 4.81. The minimum atomic E-state index is -0.326. The molecule has 0 saturated heterocycles. The molecule has 0 rings (SSSR count). The Kier molecular flexibility index (Phi) is 6.48. The number of methoxy groups -OCH3 is 1. The minimum absolute atomic E-state index is 0.115. The standard InChI is InChI=1S/C8H18N2O3/c1-6(9-2)8(12)10-7(4-11)5-13-3/h6-7,9,11H,4-5H2,1-3H3,(H,10,12). The number of carbonyl (C=O) groups is 1. The van der Waals surface area contributed by atoms with E-state index < -0.39 is 0 Å². The Labute approximate surface area is 78.5 Å². The zero-order chi connectivity index (χ0) is 10.3. The van der Waals surface area contributed by atoms with Crippen molar-refractivity contribution in [3.05, 3.63) is 0 Å². The lowest BCUT2D eigenvalue weighted by Gasteiger charge is -2.17. The Morgan fingerprint density at radius 2 is 2.23 bits per heavy atom. The van der Waals surface area contributed by atoms with Gasteiger partial charge in [-0.15, -0.1) is 0 Å². The van der Waals surface area contributed by atoms with Crippen molar-refractivity contribution >= 4 is 5.91 Å². The Morgan fingerprint density at radius 1 is 1.62 bits per heavy atom. The van der Waals surface area contributed by atoms with Gasteiger partial charge in [0.15, 0.2) is 0 Å². The number of nitrogens with one attached hydrogen (secondary N) is 2. The Morgan fingerprint density at radius 3 is 2.62 bits per heavy atom. The van der Waals surface area contributed by atoms with Crippen LogP contribution < -0.4 is 10.6 Å². The van der Waals surface area contributed by atoms with Crippen LogP contribution in [-0.4, -0.2) is 50.5 Å². The molecule has 0 aliphatic rings. The molecule has 0 saturated carbocycles. The van der Waals surface area contributed by atoms with E-state index in [1.54, 1.807) is 14.0 Å². The molecule has 2 unspecified atom stereocenters. The molecule has 78 valence electrons. The van der Waals surface area contributed by atoms with E-state index in [4.69, 9.17) is 9.84 Å². The van der Waals surface area contributed by atoms with Crippen molar-refractivity contribution in [2.45, 2.75) is 19.0 Å². The van der Waals surface area contributed by atoms with Crippen LogP contribution in [0.1, 0.15) is 6.92 Å². The quantitative estimate of drug-likeness (QED) is 0.488. The van der Waals surface area contributed by atoms with Gasteiger partial charge in [0.25, 0.3) is 0 Å². The SMILES string of the molecule is CNC(C)C(=O)NC(CO)COC. The van der Waals surface area contributed by atoms with Crippen molar-refractivity contribution in [1.29, 1.82) is 0 Å². The third-order valence-corrected chi connectivity index (χ3v) is 1.76. The third kappa shape index (κ3) is 4.82. The Bertz CT molecular complexity index is 152. The Balaban J connectivity index is 3.85. The van der Waals surface area contributed by atoms with E-state index in [1.807, 2.05) is 0 Å². The average Bonchev–Trinajstić information content (AvgIpc) is 2.15. The summed E-state index contributed by atoms with van der Waals surface area (Å²) in [5.41, 5.74) is 0. The molecular formula is C8H18N2O3. The molecule has 0 bridgehead atoms. The summed E-state index contributed by atoms with van der Waals surface area (Å²) in [6, 6.07) is -0.584. The lowest BCUT2D eigenvalue weighted by atomic mass is 10.2. The number of amides is 1. The van der Waals surface area contributed by atoms with E-state index in [1.165, 1.54) is 7.11 Å². The predicted molar refractivity (Wildman–Crippen MR) is 49.4 cm³/mol. The van der Waals surface area contributed by atoms with Crippen molar-refractivity contribution in [1.82, 2.24) is 10.6 Å². The summed E-state index contributed by atoms with van der Waals surface area (Å²) in [6.45, 7) is 1.95. The molecule has 3 N–H and O–H groups in total. The van der Waals surface area contributed by atoms with Gasteiger partial charge >= 0.3 is 0 Å². The zero-order valence-electron chi connectivity index (χ0n) is 8.33. The third-order valence-electron chi connectivity index (χ3n) is 1.76. The number of hydrogen-bond donors (Lipinski definition) is 3. The molecule has 0 fully saturated rings. The number of ether oxygens (including phenoxy) is 1. The van der Waals surface area contributed by atoms with Gasteiger partial charge < -0.3 is 20.5 Å². The van der Waals surface area contributed by atoms with Crippen LogP contribution in [0.25, 0.3) is 0 Å². The first-order chi connectivity index (χ1) is 6.15. The smallest absolute Gasteiger partial charge is 0.237 e. The molecule has 5 heteroatoms. The van der Waals surface area contributed by atoms with Crippen molar-refractivity contribution in [2.24, 2.45) is 0 Å². The highest BCUT2D eigenvalue weighted by Gasteiger charge is 2.14. The molecule has 0 spiro atoms. The van der Waals surface area contributed by atoms with Gasteiger partial charge in [0.1, 0.15) is 0 Å². The fourth-order valence-corrected chi connectivity index (χ4v) is 0.798. The predicted octanol–water partition coefficient (Wildman–Crippen LogP) is -1.28. The van der Waals surface area contributed by atoms with Gasteiger partial charge in [-0.25, -0.2) is 0 Å². The molecular weight excluding hydrogens is 172 g/mol. The molecule has 1 amide bonds. The van der Waals surface area contributed by atoms with Gasteiger partial charge in [-0.05, 0) is 14.0 Å². The van der Waals surface area contributed by atoms with Crippen LogP contribution in [0, 0.1) is 0 Å². The van der Waals surface area contributed by atoms with Gasteiger partial charge in [-0.2, -0.15) is 0 Å². The van der Waals surface area contributed by atoms with Crippen molar-refractivity contribution in [3.8, 4) is 0 Å². The fraction of sp³-hybridized carbons (Fsp3) is 0.875. The highest BCUT2D eigenvalue weighted by atomic mass is 16.5. The van der Waals surface area contributed by atoms with Gasteiger partial charge in [-0.3, -0.25) is 4.79 Å². The highest BCUT2D eigenvalue weighted by molar-refractivity contribution is 5.81. The largest absolute Gasteiger partial charge is 0.394 e. The lowest BCUT2D eigenvalue weighted by molar-refractivity contribution is -0.124. The van der Waals surface area contributed by atoms with Crippen LogP contribution in [-0.2, 0) is 9.53 Å². The van der Waals surface area contributed by atoms with Crippen molar-refractivity contribution in [2.75, 3.05) is 27.4 Å². The van der Waals surface area contributed by atoms with Gasteiger partial charge in [0.05, 0.1) is 25.3 Å². The normalized spacial score (nSPS) is 15.1. The molecule has 13 heavy (non-hydrogen) atoms. The van der Waals surface area contributed by atoms with E-state index in [-0.39, 0.29) is 24.6 Å². The summed E-state index contributed by atoms with van der Waals surface area (Å²) in [6.07, 6.45) is 0. The molecule has 0 aromatic heterocycles. The summed E-state index contributed by atoms with van der Waals surface area (Å²) in [4.78, 5) is 11.3. The Hall–Kier alpha value is -0.650. The summed E-state index contributed by atoms with van der Waals surface area (Å²) in [5, 5.41) is 14.3. The molecule has 0 radical (unpaired) electrons. The summed E-state index contributed by atoms with van der Waals surface area (Å²) in [5.74, 6) is -0.140. The van der Waals surface area contributed by atoms with E-state index in [0.717, 1.165) is 0 Å². The zero-order valence-corrected chi connectivity index (χ0v) is 8.33. The number of aliphatic hydroxyl groups excluding tert-OH is 1. The molecule has 5 nitrogen and oxygen atoms in total. The van der Waals surface area contributed by atoms with Crippen LogP contribution >= 0.6 is 0 Å². The second-order valence-electron chi connectivity index (χ2n) is 2.85. The van der Waals surface area contributed by atoms with Crippen LogP contribution in [0.15, 0.2) is 0 Å². The fourth-order valence-electron chi connectivity index (χ4n) is 0.798. The first kappa shape index (κ1) is 12.3. The maximum atomic E-state index is 11.3. The molecule has 0 aliphatic carbocycles. The number of rotatable bonds is 6. The first-order valence-electron chi connectivity index (χ1n) is 4.23. The van der Waals surface area contributed by atoms with Crippen LogP contribution in [0.5, 0.6) is 0 Å². The molecule has 0 heterocycles. The first-order valence-corrected chi connectivity index (χ1v) is 4.23. The maximum absolute atomic E-state index is 11.3. The lowest BCUT2D eigenvalue weighted by Crippen LogP contribution is -2.48. The van der Waals surface area contributed by atoms with Gasteiger partial charge in [0.2, 0.25) is 5.91 Å². The topological polar surface area (TPSA) is 70.6 Å². The van der Waals surface area contributed by atoms with Crippen molar-refractivity contribution in [3.63, 3.8) is 0 Å². The number of likely N-dealkylation sites (N-methyl/N-ethyl adjacent to an activating group) is 1. The van der Waals surface area contributed by atoms with Crippen LogP contribution in [0.3, 0.4) is 0 Å². The van der Waals surface area contributed by atoms with E-state index in [9.17, 15) is 4.79 Å². The van der Waals surface area contributed by atoms with E-state index in [0.29, 0.717) is 6.61 Å². The number of carbonyl (C=O) groups excluding carboxylic acids is 1. The molecule has 0 aromatic rings. The van der Waals surface area contributed by atoms with Crippen LogP contribution in [0.4, 0.5) is 0 Å². The van der Waals surface area contributed by atoms with E-state index in [2.05, 4.69) is 10.6 Å². The van der Waals surface area contributed by atoms with Gasteiger partial charge in [-0.1, -0.05) is 0 Å². The second-order valence-corrected chi connectivity index (χ2v) is 2.85. The highest BCUT2D eigenvalue weighted by Crippen LogP contribution is 1.86. The maximum Gasteiger partial charge on any atom is 0.237 e. The van der Waals surface area contributed by atoms with E-state index >= 15 is 0 Å². The minimum Gasteiger partial charge on any atom is -0.394 e. The number of hydrogen-bond acceptors (Lipinski definition) is 4. The molecule has 0 aliphatic heterocycles. The van der Waals surface area contributed by atoms with Gasteiger partial charge in [0, 0.05) is 7.11 Å². The van der Waals surface area contributed by atoms with Crippen LogP contribution in [0.2, 0.25) is 0 Å². The molecule has 2 atom stereocenters.